The predicted octanol–water partition coefficient (Wildman–Crippen LogP) is 2.72. The van der Waals surface area contributed by atoms with E-state index in [9.17, 15) is 4.79 Å². The Hall–Kier alpha value is -3.22. The first-order valence-electron chi connectivity index (χ1n) is 8.09. The Morgan fingerprint density at radius 2 is 1.96 bits per heavy atom. The molecule has 7 nitrogen and oxygen atoms in total. The zero-order valence-electron chi connectivity index (χ0n) is 13.8. The minimum atomic E-state index is -0.106. The van der Waals surface area contributed by atoms with Crippen molar-refractivity contribution < 1.29 is 9.32 Å². The molecule has 3 heterocycles. The van der Waals surface area contributed by atoms with Gasteiger partial charge in [0.05, 0.1) is 0 Å². The number of nitrogens with zero attached hydrogens (tertiary/aromatic N) is 4. The van der Waals surface area contributed by atoms with E-state index in [1.165, 1.54) is 11.1 Å². The average Bonchev–Trinajstić information content (AvgIpc) is 3.06. The van der Waals surface area contributed by atoms with Gasteiger partial charge in [0.15, 0.2) is 17.3 Å². The number of carbonyl (C=O) groups excluding carboxylic acids is 1. The van der Waals surface area contributed by atoms with Gasteiger partial charge in [-0.05, 0) is 36.6 Å². The lowest BCUT2D eigenvalue weighted by Crippen LogP contribution is -2.36. The summed E-state index contributed by atoms with van der Waals surface area (Å²) in [5, 5.41) is 14.9. The summed E-state index contributed by atoms with van der Waals surface area (Å²) in [7, 11) is 0. The lowest BCUT2D eigenvalue weighted by Gasteiger charge is -2.28. The van der Waals surface area contributed by atoms with E-state index < -0.39 is 0 Å². The van der Waals surface area contributed by atoms with Crippen LogP contribution in [0.25, 0.3) is 0 Å². The summed E-state index contributed by atoms with van der Waals surface area (Å²) >= 11 is 0. The number of aryl methyl sites for hydroxylation is 1. The molecular formula is C18H17N5O2. The van der Waals surface area contributed by atoms with Crippen molar-refractivity contribution in [1.82, 2.24) is 20.3 Å². The normalized spacial score (nSPS) is 13.4. The van der Waals surface area contributed by atoms with Gasteiger partial charge < -0.3 is 14.7 Å². The molecule has 7 heteroatoms. The average molecular weight is 335 g/mol. The smallest absolute Gasteiger partial charge is 0.274 e. The third-order valence-electron chi connectivity index (χ3n) is 4.19. The number of benzene rings is 1. The molecule has 0 saturated carbocycles. The first-order chi connectivity index (χ1) is 12.2. The molecule has 3 aromatic rings. The lowest BCUT2D eigenvalue weighted by molar-refractivity contribution is 0.0727. The summed E-state index contributed by atoms with van der Waals surface area (Å²) in [6.07, 6.45) is 0.862. The maximum absolute atomic E-state index is 12.7. The van der Waals surface area contributed by atoms with Crippen molar-refractivity contribution in [1.29, 1.82) is 0 Å². The molecule has 25 heavy (non-hydrogen) atoms. The highest BCUT2D eigenvalue weighted by Crippen LogP contribution is 2.20. The van der Waals surface area contributed by atoms with Crippen LogP contribution in [-0.2, 0) is 13.0 Å². The fourth-order valence-corrected chi connectivity index (χ4v) is 2.90. The minimum absolute atomic E-state index is 0.106. The van der Waals surface area contributed by atoms with Crippen molar-refractivity contribution >= 4 is 17.5 Å². The molecule has 0 spiro atoms. The summed E-state index contributed by atoms with van der Waals surface area (Å²) in [6.45, 7) is 3.10. The summed E-state index contributed by atoms with van der Waals surface area (Å²) in [5.74, 6) is 1.66. The van der Waals surface area contributed by atoms with Crippen LogP contribution >= 0.6 is 0 Å². The Kier molecular flexibility index (Phi) is 3.89. The quantitative estimate of drug-likeness (QED) is 0.792. The molecule has 0 atom stereocenters. The van der Waals surface area contributed by atoms with Crippen LogP contribution in [0.15, 0.2) is 47.0 Å². The van der Waals surface area contributed by atoms with Gasteiger partial charge in [0.25, 0.3) is 5.91 Å². The maximum atomic E-state index is 12.7. The third kappa shape index (κ3) is 3.21. The highest BCUT2D eigenvalue weighted by Gasteiger charge is 2.22. The van der Waals surface area contributed by atoms with Crippen molar-refractivity contribution in [3.63, 3.8) is 0 Å². The van der Waals surface area contributed by atoms with Crippen LogP contribution in [0.5, 0.6) is 0 Å². The number of amides is 1. The van der Waals surface area contributed by atoms with Gasteiger partial charge in [0.1, 0.15) is 5.76 Å². The molecule has 0 unspecified atom stereocenters. The van der Waals surface area contributed by atoms with Crippen molar-refractivity contribution in [2.75, 3.05) is 11.9 Å². The second-order valence-corrected chi connectivity index (χ2v) is 6.00. The van der Waals surface area contributed by atoms with E-state index in [-0.39, 0.29) is 5.91 Å². The van der Waals surface area contributed by atoms with Crippen molar-refractivity contribution in [3.8, 4) is 0 Å². The maximum Gasteiger partial charge on any atom is 0.274 e. The predicted molar refractivity (Wildman–Crippen MR) is 91.4 cm³/mol. The first kappa shape index (κ1) is 15.3. The van der Waals surface area contributed by atoms with Gasteiger partial charge in [0.2, 0.25) is 0 Å². The van der Waals surface area contributed by atoms with Gasteiger partial charge in [-0.2, -0.15) is 0 Å². The largest absolute Gasteiger partial charge is 0.360 e. The molecular weight excluding hydrogens is 318 g/mol. The topological polar surface area (TPSA) is 84.2 Å². The van der Waals surface area contributed by atoms with Crippen LogP contribution in [0.3, 0.4) is 0 Å². The molecule has 1 aromatic carbocycles. The molecule has 1 N–H and O–H groups in total. The number of rotatable bonds is 3. The molecule has 1 aliphatic rings. The van der Waals surface area contributed by atoms with Crippen LogP contribution in [0.4, 0.5) is 11.6 Å². The number of anilines is 2. The monoisotopic (exact) mass is 335 g/mol. The van der Waals surface area contributed by atoms with Crippen molar-refractivity contribution in [2.24, 2.45) is 0 Å². The van der Waals surface area contributed by atoms with E-state index in [4.69, 9.17) is 4.52 Å². The van der Waals surface area contributed by atoms with E-state index in [0.717, 1.165) is 6.42 Å². The summed E-state index contributed by atoms with van der Waals surface area (Å²) in [5.41, 5.74) is 2.83. The fourth-order valence-electron chi connectivity index (χ4n) is 2.90. The van der Waals surface area contributed by atoms with Crippen LogP contribution < -0.4 is 5.32 Å². The van der Waals surface area contributed by atoms with E-state index >= 15 is 0 Å². The Bertz CT molecular complexity index is 904. The lowest BCUT2D eigenvalue weighted by atomic mass is 10.00. The number of hydrogen-bond acceptors (Lipinski definition) is 6. The number of hydrogen-bond donors (Lipinski definition) is 1. The third-order valence-corrected chi connectivity index (χ3v) is 4.19. The standard InChI is InChI=1S/C18H17N5O2/c1-12-10-17(22-25-12)19-16-7-6-15(20-21-16)18(24)23-9-8-13-4-2-3-5-14(13)11-23/h2-7,10H,8-9,11H2,1H3,(H,19,21,22). The molecule has 2 aromatic heterocycles. The summed E-state index contributed by atoms with van der Waals surface area (Å²) in [4.78, 5) is 14.5. The number of aromatic nitrogens is 3. The van der Waals surface area contributed by atoms with Gasteiger partial charge in [-0.25, -0.2) is 0 Å². The van der Waals surface area contributed by atoms with Gasteiger partial charge in [-0.15, -0.1) is 10.2 Å². The Morgan fingerprint density at radius 3 is 2.68 bits per heavy atom. The van der Waals surface area contributed by atoms with Crippen LogP contribution in [0.1, 0.15) is 27.4 Å². The van der Waals surface area contributed by atoms with Crippen molar-refractivity contribution in [2.45, 2.75) is 19.9 Å². The van der Waals surface area contributed by atoms with E-state index in [1.807, 2.05) is 19.1 Å². The second-order valence-electron chi connectivity index (χ2n) is 6.00. The molecule has 1 aliphatic heterocycles. The molecule has 0 radical (unpaired) electrons. The van der Waals surface area contributed by atoms with Crippen LogP contribution in [0, 0.1) is 6.92 Å². The van der Waals surface area contributed by atoms with E-state index in [0.29, 0.717) is 36.2 Å². The zero-order chi connectivity index (χ0) is 17.2. The second kappa shape index (κ2) is 6.35. The minimum Gasteiger partial charge on any atom is -0.360 e. The van der Waals surface area contributed by atoms with Gasteiger partial charge in [0, 0.05) is 19.2 Å². The summed E-state index contributed by atoms with van der Waals surface area (Å²) in [6, 6.07) is 13.3. The number of nitrogens with one attached hydrogen (secondary N) is 1. The molecule has 0 fully saturated rings. The summed E-state index contributed by atoms with van der Waals surface area (Å²) < 4.78 is 4.99. The SMILES string of the molecule is Cc1cc(Nc2ccc(C(=O)N3CCc4ccccc4C3)nn2)no1. The molecule has 0 saturated heterocycles. The Balaban J connectivity index is 1.46. The van der Waals surface area contributed by atoms with Gasteiger partial charge in [-0.1, -0.05) is 29.4 Å². The number of carbonyl (C=O) groups is 1. The van der Waals surface area contributed by atoms with Crippen molar-refractivity contribution in [3.05, 3.63) is 65.0 Å². The molecule has 4 rings (SSSR count). The highest BCUT2D eigenvalue weighted by atomic mass is 16.5. The first-order valence-corrected chi connectivity index (χ1v) is 8.09. The zero-order valence-corrected chi connectivity index (χ0v) is 13.8. The van der Waals surface area contributed by atoms with E-state index in [1.54, 1.807) is 23.1 Å². The highest BCUT2D eigenvalue weighted by molar-refractivity contribution is 5.92. The van der Waals surface area contributed by atoms with Gasteiger partial charge in [-0.3, -0.25) is 4.79 Å². The molecule has 1 amide bonds. The van der Waals surface area contributed by atoms with E-state index in [2.05, 4.69) is 32.8 Å². The van der Waals surface area contributed by atoms with Gasteiger partial charge >= 0.3 is 0 Å². The fraction of sp³-hybridized carbons (Fsp3) is 0.222. The molecule has 0 bridgehead atoms. The number of fused-ring (bicyclic) bond motifs is 1. The van der Waals surface area contributed by atoms with Crippen LogP contribution in [0.2, 0.25) is 0 Å². The Labute approximate surface area is 144 Å². The molecule has 0 aliphatic carbocycles. The van der Waals surface area contributed by atoms with Crippen LogP contribution in [-0.4, -0.2) is 32.7 Å². The molecule has 126 valence electrons. The Morgan fingerprint density at radius 1 is 1.12 bits per heavy atom.